The van der Waals surface area contributed by atoms with Crippen molar-refractivity contribution in [3.8, 4) is 16.8 Å². The van der Waals surface area contributed by atoms with Gasteiger partial charge in [-0.1, -0.05) is 24.3 Å². The predicted molar refractivity (Wildman–Crippen MR) is 105 cm³/mol. The minimum atomic E-state index is 0.536. The number of fused-ring (bicyclic) bond motifs is 1. The van der Waals surface area contributed by atoms with E-state index in [2.05, 4.69) is 59.1 Å². The number of pyridine rings is 1. The summed E-state index contributed by atoms with van der Waals surface area (Å²) in [6.45, 7) is 2.11. The first-order valence-corrected chi connectivity index (χ1v) is 9.01. The smallest absolute Gasteiger partial charge is 0.123 e. The Hall–Kier alpha value is -3.14. The van der Waals surface area contributed by atoms with E-state index in [4.69, 9.17) is 10.8 Å². The Balaban J connectivity index is 1.74. The Kier molecular flexibility index (Phi) is 3.32. The van der Waals surface area contributed by atoms with Crippen LogP contribution < -0.4 is 5.73 Å². The Morgan fingerprint density at radius 2 is 1.85 bits per heavy atom. The van der Waals surface area contributed by atoms with Crippen LogP contribution in [0, 0.1) is 6.92 Å². The first-order chi connectivity index (χ1) is 12.7. The highest BCUT2D eigenvalue weighted by Crippen LogP contribution is 2.43. The number of nitrogen functional groups attached to an aromatic ring is 1. The lowest BCUT2D eigenvalue weighted by atomic mass is 10.0. The Labute approximate surface area is 152 Å². The summed E-state index contributed by atoms with van der Waals surface area (Å²) < 4.78 is 2.09. The van der Waals surface area contributed by atoms with Gasteiger partial charge in [0.15, 0.2) is 0 Å². The number of rotatable bonds is 3. The fraction of sp³-hybridized carbons (Fsp3) is 0.182. The van der Waals surface area contributed by atoms with Gasteiger partial charge in [0, 0.05) is 17.5 Å². The van der Waals surface area contributed by atoms with E-state index in [1.165, 1.54) is 29.5 Å². The molecule has 0 unspecified atom stereocenters. The van der Waals surface area contributed by atoms with Crippen LogP contribution in [-0.2, 0) is 0 Å². The number of aryl methyl sites for hydroxylation is 1. The van der Waals surface area contributed by atoms with Crippen LogP contribution in [0.15, 0.2) is 60.8 Å². The molecular weight excluding hydrogens is 320 g/mol. The van der Waals surface area contributed by atoms with E-state index in [0.29, 0.717) is 11.7 Å². The minimum absolute atomic E-state index is 0.536. The Morgan fingerprint density at radius 3 is 2.62 bits per heavy atom. The van der Waals surface area contributed by atoms with Crippen LogP contribution >= 0.6 is 0 Å². The third kappa shape index (κ3) is 2.54. The lowest BCUT2D eigenvalue weighted by Gasteiger charge is -2.07. The van der Waals surface area contributed by atoms with Crippen LogP contribution in [0.25, 0.3) is 27.7 Å². The zero-order chi connectivity index (χ0) is 17.7. The van der Waals surface area contributed by atoms with Gasteiger partial charge in [-0.15, -0.1) is 0 Å². The molecule has 128 valence electrons. The molecule has 0 atom stereocenters. The van der Waals surface area contributed by atoms with Gasteiger partial charge in [0.05, 0.1) is 16.9 Å². The molecule has 2 heterocycles. The molecule has 2 N–H and O–H groups in total. The number of hydrogen-bond donors (Lipinski definition) is 1. The summed E-state index contributed by atoms with van der Waals surface area (Å²) in [4.78, 5) is 4.10. The number of nitrogens with zero attached hydrogens (tertiary/aromatic N) is 3. The summed E-state index contributed by atoms with van der Waals surface area (Å²) in [5.74, 6) is 1.14. The normalized spacial score (nSPS) is 14.0. The molecule has 0 aliphatic heterocycles. The van der Waals surface area contributed by atoms with Crippen molar-refractivity contribution in [2.24, 2.45) is 0 Å². The molecule has 0 radical (unpaired) electrons. The SMILES string of the molecule is Cc1cccc(-n2nc(C3CC3)c3ccc(-c4ccnc(N)c4)cc32)c1. The summed E-state index contributed by atoms with van der Waals surface area (Å²) in [7, 11) is 0. The van der Waals surface area contributed by atoms with E-state index < -0.39 is 0 Å². The van der Waals surface area contributed by atoms with Crippen molar-refractivity contribution in [1.82, 2.24) is 14.8 Å². The number of nitrogens with two attached hydrogens (primary N) is 1. The fourth-order valence-corrected chi connectivity index (χ4v) is 3.56. The van der Waals surface area contributed by atoms with Crippen molar-refractivity contribution in [3.05, 3.63) is 72.1 Å². The van der Waals surface area contributed by atoms with Gasteiger partial charge in [0.2, 0.25) is 0 Å². The number of aromatic nitrogens is 3. The quantitative estimate of drug-likeness (QED) is 0.580. The third-order valence-corrected chi connectivity index (χ3v) is 5.03. The summed E-state index contributed by atoms with van der Waals surface area (Å²) >= 11 is 0. The van der Waals surface area contributed by atoms with Crippen LogP contribution in [0.1, 0.15) is 30.0 Å². The number of hydrogen-bond acceptors (Lipinski definition) is 3. The van der Waals surface area contributed by atoms with Crippen LogP contribution in [0.2, 0.25) is 0 Å². The molecule has 5 rings (SSSR count). The summed E-state index contributed by atoms with van der Waals surface area (Å²) in [5.41, 5.74) is 12.8. The van der Waals surface area contributed by atoms with Crippen molar-refractivity contribution in [3.63, 3.8) is 0 Å². The average molecular weight is 340 g/mol. The standard InChI is InChI=1S/C22H20N4/c1-14-3-2-4-18(11-14)26-20-12-16(17-9-10-24-21(23)13-17)7-8-19(20)22(25-26)15-5-6-15/h2-4,7-13,15H,5-6H2,1H3,(H2,23,24). The van der Waals surface area contributed by atoms with E-state index in [0.717, 1.165) is 22.3 Å². The molecule has 1 fully saturated rings. The first kappa shape index (κ1) is 15.1. The van der Waals surface area contributed by atoms with Crippen LogP contribution in [0.4, 0.5) is 5.82 Å². The molecule has 2 aromatic carbocycles. The molecule has 26 heavy (non-hydrogen) atoms. The zero-order valence-electron chi connectivity index (χ0n) is 14.7. The summed E-state index contributed by atoms with van der Waals surface area (Å²) in [6, 6.07) is 19.0. The van der Waals surface area contributed by atoms with E-state index in [1.54, 1.807) is 6.20 Å². The molecule has 4 nitrogen and oxygen atoms in total. The second kappa shape index (κ2) is 5.70. The molecule has 1 aliphatic rings. The maximum atomic E-state index is 5.87. The van der Waals surface area contributed by atoms with Gasteiger partial charge >= 0.3 is 0 Å². The Morgan fingerprint density at radius 1 is 1.00 bits per heavy atom. The molecule has 0 saturated heterocycles. The maximum Gasteiger partial charge on any atom is 0.123 e. The van der Waals surface area contributed by atoms with E-state index in [1.807, 2.05) is 12.1 Å². The second-order valence-corrected chi connectivity index (χ2v) is 7.11. The molecule has 4 aromatic rings. The van der Waals surface area contributed by atoms with Crippen molar-refractivity contribution >= 4 is 16.7 Å². The molecule has 2 aromatic heterocycles. The molecule has 1 aliphatic carbocycles. The van der Waals surface area contributed by atoms with Gasteiger partial charge in [0.25, 0.3) is 0 Å². The molecular formula is C22H20N4. The minimum Gasteiger partial charge on any atom is -0.384 e. The monoisotopic (exact) mass is 340 g/mol. The molecule has 1 saturated carbocycles. The third-order valence-electron chi connectivity index (χ3n) is 5.03. The maximum absolute atomic E-state index is 5.87. The summed E-state index contributed by atoms with van der Waals surface area (Å²) in [5, 5.41) is 6.24. The second-order valence-electron chi connectivity index (χ2n) is 7.11. The lowest BCUT2D eigenvalue weighted by molar-refractivity contribution is 0.857. The van der Waals surface area contributed by atoms with Gasteiger partial charge in [-0.05, 0) is 66.8 Å². The van der Waals surface area contributed by atoms with Crippen molar-refractivity contribution < 1.29 is 0 Å². The molecule has 4 heteroatoms. The van der Waals surface area contributed by atoms with E-state index in [-0.39, 0.29) is 0 Å². The van der Waals surface area contributed by atoms with Gasteiger partial charge in [-0.25, -0.2) is 9.67 Å². The average Bonchev–Trinajstić information content (AvgIpc) is 3.42. The van der Waals surface area contributed by atoms with Crippen LogP contribution in [0.5, 0.6) is 0 Å². The van der Waals surface area contributed by atoms with Crippen molar-refractivity contribution in [1.29, 1.82) is 0 Å². The van der Waals surface area contributed by atoms with Crippen LogP contribution in [-0.4, -0.2) is 14.8 Å². The molecule has 0 spiro atoms. The predicted octanol–water partition coefficient (Wildman–Crippen LogP) is 4.86. The van der Waals surface area contributed by atoms with Gasteiger partial charge in [-0.2, -0.15) is 5.10 Å². The van der Waals surface area contributed by atoms with Gasteiger partial charge in [-0.3, -0.25) is 0 Å². The lowest BCUT2D eigenvalue weighted by Crippen LogP contribution is -1.97. The zero-order valence-corrected chi connectivity index (χ0v) is 14.7. The largest absolute Gasteiger partial charge is 0.384 e. The van der Waals surface area contributed by atoms with Crippen molar-refractivity contribution in [2.75, 3.05) is 5.73 Å². The fourth-order valence-electron chi connectivity index (χ4n) is 3.56. The van der Waals surface area contributed by atoms with Crippen LogP contribution in [0.3, 0.4) is 0 Å². The van der Waals surface area contributed by atoms with Gasteiger partial charge < -0.3 is 5.73 Å². The summed E-state index contributed by atoms with van der Waals surface area (Å²) in [6.07, 6.45) is 4.23. The highest BCUT2D eigenvalue weighted by Gasteiger charge is 2.29. The first-order valence-electron chi connectivity index (χ1n) is 9.01. The topological polar surface area (TPSA) is 56.7 Å². The highest BCUT2D eigenvalue weighted by molar-refractivity contribution is 5.89. The molecule has 0 bridgehead atoms. The number of anilines is 1. The van der Waals surface area contributed by atoms with Crippen molar-refractivity contribution in [2.45, 2.75) is 25.7 Å². The van der Waals surface area contributed by atoms with E-state index in [9.17, 15) is 0 Å². The van der Waals surface area contributed by atoms with Gasteiger partial charge in [0.1, 0.15) is 5.82 Å². The number of benzene rings is 2. The van der Waals surface area contributed by atoms with E-state index >= 15 is 0 Å². The Bertz CT molecular complexity index is 1120. The highest BCUT2D eigenvalue weighted by atomic mass is 15.3. The molecule has 0 amide bonds.